The molecule has 0 amide bonds. The predicted octanol–water partition coefficient (Wildman–Crippen LogP) is 9.57. The Balaban J connectivity index is 0.998. The number of hydrogen-bond donors (Lipinski definition) is 1. The Labute approximate surface area is 380 Å². The number of carbonyl (C=O) groups is 1. The fourth-order valence-electron chi connectivity index (χ4n) is 15.9. The molecule has 8 rings (SSSR count). The van der Waals surface area contributed by atoms with Gasteiger partial charge in [0, 0.05) is 44.0 Å². The molecule has 1 aromatic heterocycles. The van der Waals surface area contributed by atoms with Gasteiger partial charge in [0.1, 0.15) is 0 Å². The van der Waals surface area contributed by atoms with Crippen LogP contribution in [0.1, 0.15) is 139 Å². The van der Waals surface area contributed by atoms with Crippen LogP contribution in [0.4, 0.5) is 0 Å². The SMILES string of the molecule is C=C(C)[C@@H]1CC[C@]2(NCCN3CCS(=O)(=O)CC3)CC[C@]3(C)[C@H](CC[C@@H]4[C@@]5(C)CC=C(C6=CCC(CCOc7nccc(OC)n7)(C(=O)OC(C)C)CC6)C(C)(C)[C@@H]5CC[C@]43C)[C@@H]12. The van der Waals surface area contributed by atoms with E-state index in [-0.39, 0.29) is 45.3 Å². The highest BCUT2D eigenvalue weighted by atomic mass is 32.2. The van der Waals surface area contributed by atoms with E-state index in [1.54, 1.807) is 19.4 Å². The lowest BCUT2D eigenvalue weighted by Crippen LogP contribution is -2.68. The molecule has 4 saturated carbocycles. The minimum absolute atomic E-state index is 0.0177. The van der Waals surface area contributed by atoms with Gasteiger partial charge in [0.25, 0.3) is 0 Å². The van der Waals surface area contributed by atoms with Crippen LogP contribution in [0.25, 0.3) is 0 Å². The van der Waals surface area contributed by atoms with Gasteiger partial charge in [-0.1, -0.05) is 58.9 Å². The van der Waals surface area contributed by atoms with Crippen molar-refractivity contribution >= 4 is 15.8 Å². The molecule has 1 saturated heterocycles. The predicted molar refractivity (Wildman–Crippen MR) is 250 cm³/mol. The first kappa shape index (κ1) is 46.8. The van der Waals surface area contributed by atoms with Gasteiger partial charge < -0.3 is 24.4 Å². The third-order valence-corrected chi connectivity index (χ3v) is 21.0. The summed E-state index contributed by atoms with van der Waals surface area (Å²) in [4.78, 5) is 24.8. The maximum Gasteiger partial charge on any atom is 0.319 e. The first-order valence-corrected chi connectivity index (χ1v) is 26.5. The number of methoxy groups -OCH3 is 1. The first-order valence-electron chi connectivity index (χ1n) is 24.7. The van der Waals surface area contributed by atoms with Crippen molar-refractivity contribution in [3.63, 3.8) is 0 Å². The van der Waals surface area contributed by atoms with E-state index in [0.717, 1.165) is 32.4 Å². The first-order chi connectivity index (χ1) is 29.7. The number of nitrogens with zero attached hydrogens (tertiary/aromatic N) is 3. The summed E-state index contributed by atoms with van der Waals surface area (Å²) >= 11 is 0. The van der Waals surface area contributed by atoms with Crippen LogP contribution in [0.3, 0.4) is 0 Å². The average Bonchev–Trinajstić information content (AvgIpc) is 3.62. The summed E-state index contributed by atoms with van der Waals surface area (Å²) in [5.41, 5.74) is 4.53. The van der Waals surface area contributed by atoms with Crippen LogP contribution >= 0.6 is 0 Å². The molecule has 10 nitrogen and oxygen atoms in total. The van der Waals surface area contributed by atoms with Gasteiger partial charge in [0.15, 0.2) is 9.84 Å². The van der Waals surface area contributed by atoms with Crippen molar-refractivity contribution in [2.45, 2.75) is 151 Å². The summed E-state index contributed by atoms with van der Waals surface area (Å²) in [6.45, 7) is 27.5. The van der Waals surface area contributed by atoms with Crippen LogP contribution in [0, 0.1) is 56.7 Å². The third-order valence-electron chi connectivity index (χ3n) is 19.3. The van der Waals surface area contributed by atoms with E-state index in [2.05, 4.69) is 80.5 Å². The standard InChI is InChI=1S/C52H80N4O6S/c1-35(2)38-15-23-52(54-28-29-56-30-33-63(58,59)34-31-56)25-24-49(8)40(44(38)52)11-12-42-48(7)19-16-39(47(5,6)41(48)17-20-50(42,49)9)37-13-21-51(22-14-37,45(57)62-36(3)4)26-32-61-46-53-27-18-43(55-46)60-10/h13,16,18,27,36,38,40-42,44,54H,1,11-12,14-15,17,19-26,28-34H2,2-10H3/t38-,40+,41-,42+,44+,48-,49+,50+,51?,52-/m0/s1. The number of carbonyl (C=O) groups excluding carboxylic acids is 1. The van der Waals surface area contributed by atoms with Gasteiger partial charge in [0.2, 0.25) is 5.88 Å². The van der Waals surface area contributed by atoms with Crippen LogP contribution in [0.15, 0.2) is 47.7 Å². The number of sulfone groups is 1. The van der Waals surface area contributed by atoms with Crippen molar-refractivity contribution in [2.75, 3.05) is 51.4 Å². The topological polar surface area (TPSA) is 120 Å². The molecule has 350 valence electrons. The van der Waals surface area contributed by atoms with E-state index in [1.165, 1.54) is 68.1 Å². The van der Waals surface area contributed by atoms with Crippen molar-refractivity contribution in [1.82, 2.24) is 20.2 Å². The lowest BCUT2D eigenvalue weighted by Gasteiger charge is -2.72. The highest BCUT2D eigenvalue weighted by molar-refractivity contribution is 7.91. The number of esters is 1. The molecule has 11 heteroatoms. The summed E-state index contributed by atoms with van der Waals surface area (Å²) in [6.07, 6.45) is 20.4. The fourth-order valence-corrected chi connectivity index (χ4v) is 17.2. The summed E-state index contributed by atoms with van der Waals surface area (Å²) < 4.78 is 41.4. The summed E-state index contributed by atoms with van der Waals surface area (Å²) in [7, 11) is -1.31. The average molecular weight is 889 g/mol. The molecule has 10 atom stereocenters. The lowest BCUT2D eigenvalue weighted by molar-refractivity contribution is -0.221. The van der Waals surface area contributed by atoms with Gasteiger partial charge in [-0.2, -0.15) is 4.98 Å². The molecule has 0 radical (unpaired) electrons. The number of hydrogen-bond acceptors (Lipinski definition) is 10. The van der Waals surface area contributed by atoms with Crippen LogP contribution in [0.5, 0.6) is 11.9 Å². The smallest absolute Gasteiger partial charge is 0.319 e. The fraction of sp³-hybridized carbons (Fsp3) is 0.788. The Morgan fingerprint density at radius 2 is 1.71 bits per heavy atom. The summed E-state index contributed by atoms with van der Waals surface area (Å²) in [5, 5.41) is 4.24. The van der Waals surface area contributed by atoms with Gasteiger partial charge in [-0.3, -0.25) is 4.79 Å². The normalized spacial score (nSPS) is 39.4. The Morgan fingerprint density at radius 3 is 2.40 bits per heavy atom. The van der Waals surface area contributed by atoms with Gasteiger partial charge in [0.05, 0.1) is 36.7 Å². The maximum atomic E-state index is 13.9. The van der Waals surface area contributed by atoms with E-state index < -0.39 is 15.3 Å². The van der Waals surface area contributed by atoms with Gasteiger partial charge >= 0.3 is 12.0 Å². The van der Waals surface area contributed by atoms with Crippen molar-refractivity contribution in [3.05, 3.63) is 47.7 Å². The Hall–Kier alpha value is -2.76. The van der Waals surface area contributed by atoms with Crippen molar-refractivity contribution in [2.24, 2.45) is 56.7 Å². The van der Waals surface area contributed by atoms with E-state index >= 15 is 0 Å². The lowest BCUT2D eigenvalue weighted by atomic mass is 9.33. The Morgan fingerprint density at radius 1 is 0.952 bits per heavy atom. The third kappa shape index (κ3) is 8.16. The van der Waals surface area contributed by atoms with E-state index in [0.29, 0.717) is 79.5 Å². The largest absolute Gasteiger partial charge is 0.481 e. The second-order valence-corrected chi connectivity index (χ2v) is 25.3. The molecule has 1 N–H and O–H groups in total. The van der Waals surface area contributed by atoms with Gasteiger partial charge in [-0.25, -0.2) is 13.4 Å². The number of fused-ring (bicyclic) bond motifs is 7. The second kappa shape index (κ2) is 17.2. The monoisotopic (exact) mass is 889 g/mol. The number of ether oxygens (including phenoxy) is 3. The quantitative estimate of drug-likeness (QED) is 0.152. The molecule has 0 spiro atoms. The van der Waals surface area contributed by atoms with Crippen LogP contribution in [0.2, 0.25) is 0 Å². The molecule has 7 aliphatic rings. The van der Waals surface area contributed by atoms with E-state index in [1.807, 2.05) is 13.8 Å². The molecule has 1 aromatic rings. The van der Waals surface area contributed by atoms with Gasteiger partial charge in [-0.05, 0) is 167 Å². The minimum atomic E-state index is -2.88. The number of allylic oxidation sites excluding steroid dienone is 5. The van der Waals surface area contributed by atoms with Crippen molar-refractivity contribution < 1.29 is 27.4 Å². The zero-order valence-corrected chi connectivity index (χ0v) is 41.1. The summed E-state index contributed by atoms with van der Waals surface area (Å²) in [6, 6.07) is 1.94. The molecule has 6 aliphatic carbocycles. The molecule has 0 bridgehead atoms. The van der Waals surface area contributed by atoms with Crippen molar-refractivity contribution in [1.29, 1.82) is 0 Å². The number of aromatic nitrogens is 2. The molecule has 63 heavy (non-hydrogen) atoms. The summed E-state index contributed by atoms with van der Waals surface area (Å²) in [5.74, 6) is 3.96. The van der Waals surface area contributed by atoms with Crippen LogP contribution in [-0.2, 0) is 19.4 Å². The molecular formula is C52H80N4O6S. The Kier molecular flexibility index (Phi) is 12.7. The molecular weight excluding hydrogens is 809 g/mol. The highest BCUT2D eigenvalue weighted by Gasteiger charge is 2.70. The maximum absolute atomic E-state index is 13.9. The zero-order chi connectivity index (χ0) is 45.2. The molecule has 0 aromatic carbocycles. The minimum Gasteiger partial charge on any atom is -0.481 e. The van der Waals surface area contributed by atoms with Gasteiger partial charge in [-0.15, -0.1) is 0 Å². The molecule has 2 heterocycles. The molecule has 1 unspecified atom stereocenters. The number of rotatable bonds is 13. The zero-order valence-electron chi connectivity index (χ0n) is 40.3. The van der Waals surface area contributed by atoms with Crippen LogP contribution < -0.4 is 14.8 Å². The Bertz CT molecular complexity index is 2070. The van der Waals surface area contributed by atoms with Crippen LogP contribution in [-0.4, -0.2) is 92.3 Å². The second-order valence-electron chi connectivity index (χ2n) is 23.0. The molecule has 1 aliphatic heterocycles. The highest BCUT2D eigenvalue weighted by Crippen LogP contribution is 2.76. The van der Waals surface area contributed by atoms with E-state index in [4.69, 9.17) is 14.2 Å². The molecule has 5 fully saturated rings. The van der Waals surface area contributed by atoms with Crippen molar-refractivity contribution in [3.8, 4) is 11.9 Å². The number of nitrogens with one attached hydrogen (secondary N) is 1. The van der Waals surface area contributed by atoms with E-state index in [9.17, 15) is 13.2 Å².